The minimum atomic E-state index is -0.483. The van der Waals surface area contributed by atoms with E-state index in [4.69, 9.17) is 39.5 Å². The molecule has 0 aromatic heterocycles. The van der Waals surface area contributed by atoms with Crippen LogP contribution >= 0.6 is 46.6 Å². The van der Waals surface area contributed by atoms with Gasteiger partial charge in [-0.05, 0) is 35.6 Å². The fourth-order valence-electron chi connectivity index (χ4n) is 5.38. The number of nitrogens with one attached hydrogen (secondary N) is 1. The number of hydrogen-bond donors (Lipinski definition) is 1. The monoisotopic (exact) mass is 579 g/mol. The Morgan fingerprint density at radius 2 is 1.78 bits per heavy atom. The van der Waals surface area contributed by atoms with Gasteiger partial charge in [0.1, 0.15) is 5.75 Å². The van der Waals surface area contributed by atoms with Gasteiger partial charge < -0.3 is 10.1 Å². The quantitative estimate of drug-likeness (QED) is 0.180. The van der Waals surface area contributed by atoms with Gasteiger partial charge >= 0.3 is 0 Å². The van der Waals surface area contributed by atoms with E-state index in [2.05, 4.69) is 5.32 Å². The normalized spacial score (nSPS) is 24.1. The number of benzene rings is 3. The molecule has 0 amide bonds. The second kappa shape index (κ2) is 10.2. The number of rotatable bonds is 6. The summed E-state index contributed by atoms with van der Waals surface area (Å²) in [6, 6.07) is 14.5. The minimum Gasteiger partial charge on any atom is -0.494 e. The van der Waals surface area contributed by atoms with Crippen molar-refractivity contribution in [1.82, 2.24) is 0 Å². The molecule has 1 N–H and O–H groups in total. The van der Waals surface area contributed by atoms with Gasteiger partial charge in [0.2, 0.25) is 0 Å². The first-order valence-electron chi connectivity index (χ1n) is 11.3. The topological polar surface area (TPSA) is 108 Å². The molecule has 1 heterocycles. The molecule has 0 bridgehead atoms. The lowest BCUT2D eigenvalue weighted by Crippen LogP contribution is -2.31. The zero-order chi connectivity index (χ0) is 26.4. The molecule has 0 radical (unpaired) electrons. The van der Waals surface area contributed by atoms with Crippen LogP contribution in [0.5, 0.6) is 5.75 Å². The van der Waals surface area contributed by atoms with Crippen molar-refractivity contribution in [2.45, 2.75) is 33.9 Å². The third-order valence-electron chi connectivity index (χ3n) is 6.96. The summed E-state index contributed by atoms with van der Waals surface area (Å²) in [5, 5.41) is 26.9. The number of non-ortho nitro benzene ring substituents is 1. The summed E-state index contributed by atoms with van der Waals surface area (Å²) in [6.07, 6.45) is 0.584. The fourth-order valence-corrected chi connectivity index (χ4v) is 7.75. The van der Waals surface area contributed by atoms with Crippen LogP contribution in [0.15, 0.2) is 59.5 Å². The molecule has 1 aliphatic carbocycles. The number of nitro groups is 2. The largest absolute Gasteiger partial charge is 0.494 e. The molecular formula is C25H20Cl3N3O5S. The molecule has 0 saturated heterocycles. The highest BCUT2D eigenvalue weighted by atomic mass is 35.5. The van der Waals surface area contributed by atoms with Crippen LogP contribution in [0.25, 0.3) is 0 Å². The lowest BCUT2D eigenvalue weighted by Gasteiger charge is -2.39. The van der Waals surface area contributed by atoms with Crippen molar-refractivity contribution in [3.63, 3.8) is 0 Å². The molecule has 1 fully saturated rings. The van der Waals surface area contributed by atoms with Crippen molar-refractivity contribution in [2.75, 3.05) is 12.4 Å². The van der Waals surface area contributed by atoms with E-state index in [-0.39, 0.29) is 34.5 Å². The second-order valence-corrected chi connectivity index (χ2v) is 11.5. The molecule has 8 nitrogen and oxygen atoms in total. The number of halogens is 3. The summed E-state index contributed by atoms with van der Waals surface area (Å²) in [6.45, 7) is 0. The van der Waals surface area contributed by atoms with E-state index in [1.807, 2.05) is 12.1 Å². The average Bonchev–Trinajstić information content (AvgIpc) is 3.20. The Kier molecular flexibility index (Phi) is 7.15. The summed E-state index contributed by atoms with van der Waals surface area (Å²) >= 11 is 21.5. The molecule has 37 heavy (non-hydrogen) atoms. The first kappa shape index (κ1) is 25.9. The van der Waals surface area contributed by atoms with Crippen LogP contribution < -0.4 is 10.1 Å². The number of hydrogen-bond acceptors (Lipinski definition) is 7. The van der Waals surface area contributed by atoms with E-state index in [9.17, 15) is 20.2 Å². The summed E-state index contributed by atoms with van der Waals surface area (Å²) in [4.78, 5) is 23.0. The zero-order valence-corrected chi connectivity index (χ0v) is 22.4. The number of fused-ring (bicyclic) bond motifs is 3. The third-order valence-corrected chi connectivity index (χ3v) is 9.90. The van der Waals surface area contributed by atoms with Crippen molar-refractivity contribution in [3.8, 4) is 5.75 Å². The molecule has 0 spiro atoms. The number of para-hydroxylation sites is 1. The van der Waals surface area contributed by atoms with E-state index in [1.54, 1.807) is 24.3 Å². The SMILES string of the molecule is COc1cc([N+](=O)[O-])cc2c1NC(c1cccc(Cl)c1Cl)C1CC(Sc3ccccc3[N+](=O)[O-])C(Cl)C21. The molecule has 12 heteroatoms. The van der Waals surface area contributed by atoms with Crippen LogP contribution in [-0.4, -0.2) is 27.6 Å². The van der Waals surface area contributed by atoms with Gasteiger partial charge in [-0.1, -0.05) is 47.5 Å². The zero-order valence-electron chi connectivity index (χ0n) is 19.3. The van der Waals surface area contributed by atoms with Crippen molar-refractivity contribution in [1.29, 1.82) is 0 Å². The number of methoxy groups -OCH3 is 1. The molecule has 5 unspecified atom stereocenters. The summed E-state index contributed by atoms with van der Waals surface area (Å²) in [5.74, 6) is -0.116. The molecule has 5 atom stereocenters. The van der Waals surface area contributed by atoms with Crippen molar-refractivity contribution >= 4 is 63.6 Å². The predicted octanol–water partition coefficient (Wildman–Crippen LogP) is 7.86. The van der Waals surface area contributed by atoms with Crippen LogP contribution in [0, 0.1) is 26.1 Å². The second-order valence-electron chi connectivity index (χ2n) is 8.89. The van der Waals surface area contributed by atoms with E-state index < -0.39 is 15.2 Å². The molecule has 192 valence electrons. The first-order valence-corrected chi connectivity index (χ1v) is 13.4. The van der Waals surface area contributed by atoms with Gasteiger partial charge in [0.25, 0.3) is 11.4 Å². The maximum atomic E-state index is 11.7. The molecule has 2 aliphatic rings. The van der Waals surface area contributed by atoms with Crippen LogP contribution in [-0.2, 0) is 0 Å². The number of nitro benzene ring substituents is 2. The Balaban J connectivity index is 1.63. The van der Waals surface area contributed by atoms with Gasteiger partial charge in [0, 0.05) is 23.3 Å². The summed E-state index contributed by atoms with van der Waals surface area (Å²) in [5.41, 5.74) is 1.97. The number of anilines is 1. The van der Waals surface area contributed by atoms with Gasteiger partial charge in [-0.15, -0.1) is 23.4 Å². The lowest BCUT2D eigenvalue weighted by atomic mass is 9.77. The predicted molar refractivity (Wildman–Crippen MR) is 146 cm³/mol. The van der Waals surface area contributed by atoms with Gasteiger partial charge in [0.05, 0.1) is 55.1 Å². The van der Waals surface area contributed by atoms with E-state index >= 15 is 0 Å². The van der Waals surface area contributed by atoms with Crippen molar-refractivity contribution in [2.24, 2.45) is 5.92 Å². The lowest BCUT2D eigenvalue weighted by molar-refractivity contribution is -0.387. The molecule has 1 aliphatic heterocycles. The maximum Gasteiger partial charge on any atom is 0.282 e. The van der Waals surface area contributed by atoms with Gasteiger partial charge in [-0.3, -0.25) is 20.2 Å². The van der Waals surface area contributed by atoms with Gasteiger partial charge in [-0.25, -0.2) is 0 Å². The number of ether oxygens (including phenoxy) is 1. The Labute approximate surface area is 231 Å². The minimum absolute atomic E-state index is 0.0107. The smallest absolute Gasteiger partial charge is 0.282 e. The summed E-state index contributed by atoms with van der Waals surface area (Å²) < 4.78 is 5.54. The van der Waals surface area contributed by atoms with Crippen LogP contribution in [0.4, 0.5) is 17.1 Å². The average molecular weight is 581 g/mol. The standard InChI is InChI=1S/C25H20Cl3N3O5S/c1-36-18-10-12(30(32)33)9-14-21-15(24(29-25(14)18)13-5-4-6-16(26)22(13)27)11-20(23(21)28)37-19-8-3-2-7-17(19)31(34)35/h2-10,15,20-21,23-24,29H,11H2,1H3. The van der Waals surface area contributed by atoms with E-state index in [0.717, 1.165) is 5.56 Å². The summed E-state index contributed by atoms with van der Waals surface area (Å²) in [7, 11) is 1.45. The first-order chi connectivity index (χ1) is 17.7. The number of thioether (sulfide) groups is 1. The Bertz CT molecular complexity index is 1410. The highest BCUT2D eigenvalue weighted by Crippen LogP contribution is 2.60. The Morgan fingerprint density at radius 3 is 2.49 bits per heavy atom. The highest BCUT2D eigenvalue weighted by molar-refractivity contribution is 8.00. The van der Waals surface area contributed by atoms with E-state index in [0.29, 0.717) is 38.4 Å². The maximum absolute atomic E-state index is 11.7. The van der Waals surface area contributed by atoms with Crippen molar-refractivity contribution in [3.05, 3.63) is 96.0 Å². The third kappa shape index (κ3) is 4.58. The van der Waals surface area contributed by atoms with Crippen LogP contribution in [0.3, 0.4) is 0 Å². The van der Waals surface area contributed by atoms with E-state index in [1.165, 1.54) is 37.1 Å². The highest BCUT2D eigenvalue weighted by Gasteiger charge is 2.52. The molecular weight excluding hydrogens is 561 g/mol. The Hall–Kier alpha value is -2.72. The van der Waals surface area contributed by atoms with Crippen LogP contribution in [0.2, 0.25) is 10.0 Å². The number of nitrogens with zero attached hydrogens (tertiary/aromatic N) is 2. The fraction of sp³-hybridized carbons (Fsp3) is 0.280. The Morgan fingerprint density at radius 1 is 1.03 bits per heavy atom. The van der Waals surface area contributed by atoms with Gasteiger partial charge in [-0.2, -0.15) is 0 Å². The molecule has 1 saturated carbocycles. The van der Waals surface area contributed by atoms with Crippen molar-refractivity contribution < 1.29 is 14.6 Å². The molecule has 3 aromatic rings. The molecule has 5 rings (SSSR count). The van der Waals surface area contributed by atoms with Crippen LogP contribution in [0.1, 0.15) is 29.5 Å². The van der Waals surface area contributed by atoms with Gasteiger partial charge in [0.15, 0.2) is 0 Å². The number of alkyl halides is 1. The molecule has 3 aromatic carbocycles.